The van der Waals surface area contributed by atoms with Crippen LogP contribution in [0.1, 0.15) is 58.6 Å². The van der Waals surface area contributed by atoms with E-state index in [2.05, 4.69) is 0 Å². The monoisotopic (exact) mass is 332 g/mol. The van der Waals surface area contributed by atoms with E-state index in [1.165, 1.54) is 0 Å². The van der Waals surface area contributed by atoms with E-state index in [1.54, 1.807) is 7.11 Å². The molecule has 2 aliphatic rings. The quantitative estimate of drug-likeness (QED) is 0.636. The number of cyclic esters (lactones) is 1. The van der Waals surface area contributed by atoms with Gasteiger partial charge >= 0.3 is 11.9 Å². The molecule has 1 heterocycles. The van der Waals surface area contributed by atoms with Gasteiger partial charge in [-0.3, -0.25) is 4.79 Å². The smallest absolute Gasteiger partial charge is 0.342 e. The summed E-state index contributed by atoms with van der Waals surface area (Å²) >= 11 is 0. The Labute approximate surface area is 139 Å². The number of fused-ring (bicyclic) bond motifs is 1. The Morgan fingerprint density at radius 2 is 2.21 bits per heavy atom. The first-order chi connectivity index (χ1) is 11.4. The number of phenols is 1. The zero-order valence-electron chi connectivity index (χ0n) is 13.7. The molecule has 0 fully saturated rings. The van der Waals surface area contributed by atoms with Crippen molar-refractivity contribution in [2.24, 2.45) is 0 Å². The summed E-state index contributed by atoms with van der Waals surface area (Å²) in [5, 5.41) is 19.5. The summed E-state index contributed by atoms with van der Waals surface area (Å²) in [6.45, 7) is 2.00. The largest absolute Gasteiger partial charge is 0.507 e. The third-order valence-corrected chi connectivity index (χ3v) is 4.83. The van der Waals surface area contributed by atoms with Crippen molar-refractivity contribution in [1.82, 2.24) is 0 Å². The predicted molar refractivity (Wildman–Crippen MR) is 85.4 cm³/mol. The minimum Gasteiger partial charge on any atom is -0.507 e. The van der Waals surface area contributed by atoms with Crippen molar-refractivity contribution in [3.05, 3.63) is 33.9 Å². The summed E-state index contributed by atoms with van der Waals surface area (Å²) in [4.78, 5) is 22.7. The van der Waals surface area contributed by atoms with Gasteiger partial charge in [0.1, 0.15) is 23.7 Å². The number of carbonyl (C=O) groups excluding carboxylic acids is 1. The average Bonchev–Trinajstić information content (AvgIpc) is 3.15. The highest BCUT2D eigenvalue weighted by Gasteiger charge is 2.35. The minimum absolute atomic E-state index is 0.0734. The number of allylic oxidation sites excluding steroid dienone is 2. The van der Waals surface area contributed by atoms with Crippen LogP contribution in [0.2, 0.25) is 0 Å². The van der Waals surface area contributed by atoms with E-state index in [0.717, 1.165) is 24.0 Å². The van der Waals surface area contributed by atoms with Crippen LogP contribution in [0.15, 0.2) is 11.6 Å². The zero-order chi connectivity index (χ0) is 17.4. The molecule has 24 heavy (non-hydrogen) atoms. The molecule has 6 heteroatoms. The normalized spacial score (nSPS) is 19.0. The Bertz CT molecular complexity index is 747. The minimum atomic E-state index is -0.823. The number of esters is 1. The van der Waals surface area contributed by atoms with Crippen molar-refractivity contribution < 1.29 is 29.3 Å². The molecule has 0 aromatic heterocycles. The van der Waals surface area contributed by atoms with Gasteiger partial charge < -0.3 is 19.7 Å². The van der Waals surface area contributed by atoms with Gasteiger partial charge in [-0.05, 0) is 31.7 Å². The van der Waals surface area contributed by atoms with Crippen LogP contribution in [0.25, 0.3) is 0 Å². The van der Waals surface area contributed by atoms with Gasteiger partial charge in [-0.25, -0.2) is 4.79 Å². The van der Waals surface area contributed by atoms with Crippen molar-refractivity contribution in [1.29, 1.82) is 0 Å². The van der Waals surface area contributed by atoms with Crippen LogP contribution in [0.5, 0.6) is 11.5 Å². The molecule has 6 nitrogen and oxygen atoms in total. The number of carboxylic acids is 1. The lowest BCUT2D eigenvalue weighted by Gasteiger charge is -2.19. The van der Waals surface area contributed by atoms with Gasteiger partial charge in [-0.15, -0.1) is 0 Å². The van der Waals surface area contributed by atoms with Gasteiger partial charge in [-0.2, -0.15) is 0 Å². The summed E-state index contributed by atoms with van der Waals surface area (Å²) in [7, 11) is 1.54. The van der Waals surface area contributed by atoms with Crippen molar-refractivity contribution in [3.63, 3.8) is 0 Å². The Morgan fingerprint density at radius 1 is 1.46 bits per heavy atom. The lowest BCUT2D eigenvalue weighted by atomic mass is 9.89. The molecule has 128 valence electrons. The Kier molecular flexibility index (Phi) is 4.22. The third kappa shape index (κ3) is 2.62. The zero-order valence-corrected chi connectivity index (χ0v) is 13.7. The van der Waals surface area contributed by atoms with Crippen LogP contribution < -0.4 is 4.74 Å². The molecule has 2 N–H and O–H groups in total. The predicted octanol–water partition coefficient (Wildman–Crippen LogP) is 3.05. The fourth-order valence-corrected chi connectivity index (χ4v) is 3.62. The van der Waals surface area contributed by atoms with Gasteiger partial charge in [-0.1, -0.05) is 11.6 Å². The number of methoxy groups -OCH3 is 1. The topological polar surface area (TPSA) is 93.1 Å². The van der Waals surface area contributed by atoms with Crippen molar-refractivity contribution in [2.45, 2.75) is 45.1 Å². The summed E-state index contributed by atoms with van der Waals surface area (Å²) in [5.41, 5.74) is 3.36. The molecule has 1 atom stereocenters. The number of aliphatic carboxylic acids is 1. The maximum atomic E-state index is 11.9. The maximum absolute atomic E-state index is 11.9. The van der Waals surface area contributed by atoms with Crippen molar-refractivity contribution in [3.8, 4) is 11.5 Å². The van der Waals surface area contributed by atoms with Crippen molar-refractivity contribution >= 4 is 11.9 Å². The molecular weight excluding hydrogens is 312 g/mol. The molecule has 0 amide bonds. The van der Waals surface area contributed by atoms with Gasteiger partial charge in [0.15, 0.2) is 0 Å². The van der Waals surface area contributed by atoms with Crippen molar-refractivity contribution in [2.75, 3.05) is 7.11 Å². The molecule has 0 saturated carbocycles. The Morgan fingerprint density at radius 3 is 2.88 bits per heavy atom. The highest BCUT2D eigenvalue weighted by Crippen LogP contribution is 2.48. The van der Waals surface area contributed by atoms with Crippen LogP contribution >= 0.6 is 0 Å². The maximum Gasteiger partial charge on any atom is 0.342 e. The van der Waals surface area contributed by atoms with E-state index in [1.807, 2.05) is 13.0 Å². The number of ether oxygens (including phenoxy) is 2. The molecule has 0 spiro atoms. The number of carboxylic acid groups (broad SMARTS) is 1. The van der Waals surface area contributed by atoms with Gasteiger partial charge in [0.25, 0.3) is 0 Å². The molecule has 3 rings (SSSR count). The number of phenolic OH excluding ortho intramolecular Hbond substituents is 1. The average molecular weight is 332 g/mol. The SMILES string of the molecule is COc1c(C)c2c(c(O)c1[C@@H]1C=C(CCC(=O)O)CC1)C(=O)OC2. The molecular formula is C18H20O6. The van der Waals surface area contributed by atoms with Crippen LogP contribution in [0.4, 0.5) is 0 Å². The molecule has 1 aromatic carbocycles. The van der Waals surface area contributed by atoms with Gasteiger partial charge in [0.05, 0.1) is 7.11 Å². The lowest BCUT2D eigenvalue weighted by molar-refractivity contribution is -0.136. The molecule has 0 bridgehead atoms. The second kappa shape index (κ2) is 6.19. The highest BCUT2D eigenvalue weighted by atomic mass is 16.5. The first kappa shape index (κ1) is 16.4. The van der Waals surface area contributed by atoms with E-state index in [-0.39, 0.29) is 30.3 Å². The van der Waals surface area contributed by atoms with Gasteiger partial charge in [0.2, 0.25) is 0 Å². The summed E-state index contributed by atoms with van der Waals surface area (Å²) < 4.78 is 10.6. The summed E-state index contributed by atoms with van der Waals surface area (Å²) in [5.74, 6) is -0.930. The van der Waals surface area contributed by atoms with E-state index in [9.17, 15) is 14.7 Å². The van der Waals surface area contributed by atoms with Crippen LogP contribution in [-0.4, -0.2) is 29.3 Å². The van der Waals surface area contributed by atoms with Crippen LogP contribution in [0, 0.1) is 6.92 Å². The summed E-state index contributed by atoms with van der Waals surface area (Å²) in [6, 6.07) is 0. The molecule has 1 aliphatic carbocycles. The van der Waals surface area contributed by atoms with E-state index in [4.69, 9.17) is 14.6 Å². The number of rotatable bonds is 5. The van der Waals surface area contributed by atoms with Crippen LogP contribution in [-0.2, 0) is 16.1 Å². The fourth-order valence-electron chi connectivity index (χ4n) is 3.62. The third-order valence-electron chi connectivity index (χ3n) is 4.83. The Hall–Kier alpha value is -2.50. The first-order valence-electron chi connectivity index (χ1n) is 7.94. The second-order valence-corrected chi connectivity index (χ2v) is 6.21. The molecule has 1 aromatic rings. The number of hydrogen-bond donors (Lipinski definition) is 2. The first-order valence-corrected chi connectivity index (χ1v) is 7.94. The van der Waals surface area contributed by atoms with Crippen LogP contribution in [0.3, 0.4) is 0 Å². The number of benzene rings is 1. The number of aromatic hydroxyl groups is 1. The van der Waals surface area contributed by atoms with E-state index < -0.39 is 11.9 Å². The van der Waals surface area contributed by atoms with E-state index in [0.29, 0.717) is 23.3 Å². The van der Waals surface area contributed by atoms with E-state index >= 15 is 0 Å². The number of carbonyl (C=O) groups is 2. The molecule has 0 saturated heterocycles. The Balaban J connectivity index is 2.02. The standard InChI is InChI=1S/C18H20O6/c1-9-12-8-24-18(22)15(12)16(21)14(17(9)23-2)11-5-3-10(7-11)4-6-13(19)20/h7,11,21H,3-6,8H2,1-2H3,(H,19,20)/t11-/m0/s1. The lowest BCUT2D eigenvalue weighted by Crippen LogP contribution is -2.05. The molecule has 1 aliphatic heterocycles. The van der Waals surface area contributed by atoms with Gasteiger partial charge in [0, 0.05) is 23.5 Å². The number of hydrogen-bond acceptors (Lipinski definition) is 5. The second-order valence-electron chi connectivity index (χ2n) is 6.21. The molecule has 0 radical (unpaired) electrons. The fraction of sp³-hybridized carbons (Fsp3) is 0.444. The summed E-state index contributed by atoms with van der Waals surface area (Å²) in [6.07, 6.45) is 4.12. The highest BCUT2D eigenvalue weighted by molar-refractivity contribution is 5.98. The molecule has 0 unspecified atom stereocenters.